The lowest BCUT2D eigenvalue weighted by Gasteiger charge is -2.19. The minimum Gasteiger partial charge on any atom is -0.480 e. The highest BCUT2D eigenvalue weighted by atomic mass is 79.9. The van der Waals surface area contributed by atoms with Gasteiger partial charge in [0.1, 0.15) is 6.04 Å². The molecule has 0 bridgehead atoms. The fourth-order valence-corrected chi connectivity index (χ4v) is 2.94. The van der Waals surface area contributed by atoms with Crippen molar-refractivity contribution in [1.29, 1.82) is 0 Å². The molecule has 5 nitrogen and oxygen atoms in total. The topological polar surface area (TPSA) is 77.8 Å². The van der Waals surface area contributed by atoms with Crippen LogP contribution in [0.1, 0.15) is 17.5 Å². The van der Waals surface area contributed by atoms with E-state index in [-0.39, 0.29) is 13.0 Å². The SMILES string of the molecule is Cc1ccc(C=CC(=O)N2C[C@H](O)C[C@@H]2C(=O)O)c(Br)c1. The highest BCUT2D eigenvalue weighted by Gasteiger charge is 2.37. The van der Waals surface area contributed by atoms with E-state index in [2.05, 4.69) is 15.9 Å². The molecule has 1 saturated heterocycles. The van der Waals surface area contributed by atoms with Crippen molar-refractivity contribution in [1.82, 2.24) is 4.90 Å². The molecule has 112 valence electrons. The largest absolute Gasteiger partial charge is 0.480 e. The molecule has 0 aromatic heterocycles. The van der Waals surface area contributed by atoms with Crippen LogP contribution in [0.2, 0.25) is 0 Å². The Kier molecular flexibility index (Phi) is 4.80. The second kappa shape index (κ2) is 6.41. The lowest BCUT2D eigenvalue weighted by atomic mass is 10.1. The number of nitrogens with zero attached hydrogens (tertiary/aromatic N) is 1. The third kappa shape index (κ3) is 3.71. The zero-order valence-electron chi connectivity index (χ0n) is 11.5. The molecule has 1 aliphatic heterocycles. The smallest absolute Gasteiger partial charge is 0.326 e. The van der Waals surface area contributed by atoms with Gasteiger partial charge in [-0.15, -0.1) is 0 Å². The summed E-state index contributed by atoms with van der Waals surface area (Å²) in [6, 6.07) is 4.77. The van der Waals surface area contributed by atoms with E-state index in [1.807, 2.05) is 25.1 Å². The maximum absolute atomic E-state index is 12.1. The Bertz CT molecular complexity index is 599. The summed E-state index contributed by atoms with van der Waals surface area (Å²) in [7, 11) is 0. The molecule has 1 fully saturated rings. The Hall–Kier alpha value is -1.66. The van der Waals surface area contributed by atoms with Crippen molar-refractivity contribution in [2.24, 2.45) is 0 Å². The molecule has 0 aliphatic carbocycles. The minimum atomic E-state index is -1.09. The Labute approximate surface area is 131 Å². The average molecular weight is 354 g/mol. The van der Waals surface area contributed by atoms with Crippen LogP contribution in [0.25, 0.3) is 6.08 Å². The van der Waals surface area contributed by atoms with Gasteiger partial charge in [-0.2, -0.15) is 0 Å². The standard InChI is InChI=1S/C15H16BrNO4/c1-9-2-3-10(12(16)6-9)4-5-14(19)17-8-11(18)7-13(17)15(20)21/h2-6,11,13,18H,7-8H2,1H3,(H,20,21)/t11-,13-/m1/s1. The van der Waals surface area contributed by atoms with E-state index in [9.17, 15) is 14.7 Å². The van der Waals surface area contributed by atoms with Gasteiger partial charge in [0.2, 0.25) is 5.91 Å². The number of amides is 1. The molecule has 2 atom stereocenters. The number of aliphatic hydroxyl groups is 1. The molecule has 1 amide bonds. The minimum absolute atomic E-state index is 0.0508. The van der Waals surface area contributed by atoms with E-state index < -0.39 is 24.0 Å². The molecule has 2 N–H and O–H groups in total. The molecule has 0 radical (unpaired) electrons. The van der Waals surface area contributed by atoms with Crippen molar-refractivity contribution >= 4 is 33.9 Å². The summed E-state index contributed by atoms with van der Waals surface area (Å²) >= 11 is 3.42. The van der Waals surface area contributed by atoms with Crippen LogP contribution >= 0.6 is 15.9 Å². The van der Waals surface area contributed by atoms with Crippen LogP contribution in [-0.4, -0.2) is 45.7 Å². The molecule has 6 heteroatoms. The predicted octanol–water partition coefficient (Wildman–Crippen LogP) is 1.82. The number of carboxylic acid groups (broad SMARTS) is 1. The third-order valence-electron chi connectivity index (χ3n) is 3.41. The van der Waals surface area contributed by atoms with Crippen LogP contribution in [-0.2, 0) is 9.59 Å². The van der Waals surface area contributed by atoms with Gasteiger partial charge >= 0.3 is 5.97 Å². The molecule has 1 aromatic rings. The third-order valence-corrected chi connectivity index (χ3v) is 4.10. The molecule has 0 spiro atoms. The maximum atomic E-state index is 12.1. The number of carboxylic acids is 1. The van der Waals surface area contributed by atoms with Gasteiger partial charge in [-0.3, -0.25) is 4.79 Å². The van der Waals surface area contributed by atoms with Crippen molar-refractivity contribution in [3.8, 4) is 0 Å². The summed E-state index contributed by atoms with van der Waals surface area (Å²) in [5, 5.41) is 18.6. The lowest BCUT2D eigenvalue weighted by Crippen LogP contribution is -2.39. The molecular weight excluding hydrogens is 338 g/mol. The zero-order valence-corrected chi connectivity index (χ0v) is 13.1. The summed E-state index contributed by atoms with van der Waals surface area (Å²) in [5.74, 6) is -1.50. The Balaban J connectivity index is 2.13. The monoisotopic (exact) mass is 353 g/mol. The zero-order chi connectivity index (χ0) is 15.6. The number of hydrogen-bond acceptors (Lipinski definition) is 3. The highest BCUT2D eigenvalue weighted by Crippen LogP contribution is 2.21. The summed E-state index contributed by atoms with van der Waals surface area (Å²) in [6.45, 7) is 2.02. The van der Waals surface area contributed by atoms with E-state index in [1.165, 1.54) is 11.0 Å². The predicted molar refractivity (Wildman–Crippen MR) is 81.7 cm³/mol. The fourth-order valence-electron chi connectivity index (χ4n) is 2.32. The lowest BCUT2D eigenvalue weighted by molar-refractivity contribution is -0.146. The van der Waals surface area contributed by atoms with Gasteiger partial charge < -0.3 is 15.1 Å². The van der Waals surface area contributed by atoms with Gasteiger partial charge in [0.15, 0.2) is 0 Å². The number of carbonyl (C=O) groups is 2. The number of rotatable bonds is 3. The van der Waals surface area contributed by atoms with Gasteiger partial charge in [-0.1, -0.05) is 28.1 Å². The molecule has 0 unspecified atom stereocenters. The van der Waals surface area contributed by atoms with Crippen molar-refractivity contribution in [2.75, 3.05) is 6.54 Å². The highest BCUT2D eigenvalue weighted by molar-refractivity contribution is 9.10. The molecular formula is C15H16BrNO4. The van der Waals surface area contributed by atoms with Gasteiger partial charge in [0.05, 0.1) is 6.10 Å². The van der Waals surface area contributed by atoms with Gasteiger partial charge in [-0.05, 0) is 30.2 Å². The molecule has 2 rings (SSSR count). The van der Waals surface area contributed by atoms with Crippen LogP contribution in [0.15, 0.2) is 28.7 Å². The normalized spacial score (nSPS) is 22.0. The first-order valence-electron chi connectivity index (χ1n) is 6.54. The molecule has 1 heterocycles. The number of benzene rings is 1. The van der Waals surface area contributed by atoms with E-state index in [0.29, 0.717) is 0 Å². The van der Waals surface area contributed by atoms with Crippen molar-refractivity contribution < 1.29 is 19.8 Å². The first kappa shape index (κ1) is 15.7. The molecule has 1 aliphatic rings. The Morgan fingerprint density at radius 3 is 2.76 bits per heavy atom. The first-order valence-corrected chi connectivity index (χ1v) is 7.33. The molecule has 21 heavy (non-hydrogen) atoms. The number of carbonyl (C=O) groups excluding carboxylic acids is 1. The number of hydrogen-bond donors (Lipinski definition) is 2. The van der Waals surface area contributed by atoms with E-state index in [4.69, 9.17) is 5.11 Å². The molecule has 1 aromatic carbocycles. The van der Waals surface area contributed by atoms with Crippen molar-refractivity contribution in [3.63, 3.8) is 0 Å². The summed E-state index contributed by atoms with van der Waals surface area (Å²) in [5.41, 5.74) is 1.93. The second-order valence-corrected chi connectivity index (χ2v) is 5.95. The maximum Gasteiger partial charge on any atom is 0.326 e. The summed E-state index contributed by atoms with van der Waals surface area (Å²) < 4.78 is 0.864. The quantitative estimate of drug-likeness (QED) is 0.812. The number of likely N-dealkylation sites (tertiary alicyclic amines) is 1. The average Bonchev–Trinajstić information content (AvgIpc) is 2.80. The Morgan fingerprint density at radius 1 is 1.43 bits per heavy atom. The number of β-amino-alcohol motifs (C(OH)–C–C–N with tert-alkyl or cyclic N) is 1. The van der Waals surface area contributed by atoms with Crippen molar-refractivity contribution in [2.45, 2.75) is 25.5 Å². The van der Waals surface area contributed by atoms with Gasteiger partial charge in [0.25, 0.3) is 0 Å². The van der Waals surface area contributed by atoms with Gasteiger partial charge in [0, 0.05) is 23.5 Å². The van der Waals surface area contributed by atoms with Crippen LogP contribution in [0.4, 0.5) is 0 Å². The number of aliphatic hydroxyl groups excluding tert-OH is 1. The first-order chi connectivity index (χ1) is 9.88. The van der Waals surface area contributed by atoms with E-state index in [0.717, 1.165) is 15.6 Å². The number of halogens is 1. The fraction of sp³-hybridized carbons (Fsp3) is 0.333. The summed E-state index contributed by atoms with van der Waals surface area (Å²) in [6.07, 6.45) is 2.26. The second-order valence-electron chi connectivity index (χ2n) is 5.09. The van der Waals surface area contributed by atoms with Crippen LogP contribution < -0.4 is 0 Å². The van der Waals surface area contributed by atoms with E-state index >= 15 is 0 Å². The molecule has 0 saturated carbocycles. The van der Waals surface area contributed by atoms with Crippen LogP contribution in [0.3, 0.4) is 0 Å². The van der Waals surface area contributed by atoms with E-state index in [1.54, 1.807) is 6.08 Å². The Morgan fingerprint density at radius 2 is 2.14 bits per heavy atom. The van der Waals surface area contributed by atoms with Crippen LogP contribution in [0.5, 0.6) is 0 Å². The summed E-state index contributed by atoms with van der Waals surface area (Å²) in [4.78, 5) is 24.4. The van der Waals surface area contributed by atoms with Crippen LogP contribution in [0, 0.1) is 6.92 Å². The van der Waals surface area contributed by atoms with Gasteiger partial charge in [-0.25, -0.2) is 4.79 Å². The number of aryl methyl sites for hydroxylation is 1. The number of aliphatic carboxylic acids is 1. The van der Waals surface area contributed by atoms with Crippen molar-refractivity contribution in [3.05, 3.63) is 39.9 Å².